The number of carboxylic acid groups (broad SMARTS) is 1. The van der Waals surface area contributed by atoms with E-state index in [-0.39, 0.29) is 17.9 Å². The van der Waals surface area contributed by atoms with Gasteiger partial charge in [-0.25, -0.2) is 13.4 Å². The molecule has 1 fully saturated rings. The van der Waals surface area contributed by atoms with Crippen LogP contribution in [-0.2, 0) is 34.8 Å². The Bertz CT molecular complexity index is 868. The highest BCUT2D eigenvalue weighted by Gasteiger charge is 2.30. The quantitative estimate of drug-likeness (QED) is 0.659. The molecule has 11 nitrogen and oxygen atoms in total. The van der Waals surface area contributed by atoms with E-state index in [0.29, 0.717) is 44.4 Å². The minimum absolute atomic E-state index is 0.0506. The molecule has 0 amide bonds. The zero-order valence-corrected chi connectivity index (χ0v) is 15.1. The summed E-state index contributed by atoms with van der Waals surface area (Å²) in [4.78, 5) is 20.7. The van der Waals surface area contributed by atoms with E-state index in [1.54, 1.807) is 11.6 Å². The highest BCUT2D eigenvalue weighted by molar-refractivity contribution is 7.89. The van der Waals surface area contributed by atoms with Crippen molar-refractivity contribution >= 4 is 16.0 Å². The Hall–Kier alpha value is -2.31. The van der Waals surface area contributed by atoms with Crippen molar-refractivity contribution in [2.45, 2.75) is 24.4 Å². The molecule has 0 unspecified atom stereocenters. The smallest absolute Gasteiger partial charge is 0.303 e. The molecule has 0 radical (unpaired) electrons. The van der Waals surface area contributed by atoms with Crippen molar-refractivity contribution in [1.29, 1.82) is 0 Å². The van der Waals surface area contributed by atoms with Crippen molar-refractivity contribution in [3.05, 3.63) is 24.2 Å². The molecule has 0 saturated carbocycles. The van der Waals surface area contributed by atoms with Crippen LogP contribution >= 0.6 is 0 Å². The summed E-state index contributed by atoms with van der Waals surface area (Å²) in [6.07, 6.45) is 3.07. The fourth-order valence-electron chi connectivity index (χ4n) is 2.65. The maximum Gasteiger partial charge on any atom is 0.303 e. The van der Waals surface area contributed by atoms with Gasteiger partial charge in [0.1, 0.15) is 0 Å². The lowest BCUT2D eigenvalue weighted by Gasteiger charge is -2.32. The average molecular weight is 384 g/mol. The van der Waals surface area contributed by atoms with Gasteiger partial charge in [0, 0.05) is 45.8 Å². The number of carbonyl (C=O) groups is 1. The molecule has 2 aromatic heterocycles. The Labute approximate surface area is 150 Å². The van der Waals surface area contributed by atoms with E-state index in [2.05, 4.69) is 15.1 Å². The maximum absolute atomic E-state index is 12.5. The minimum atomic E-state index is -3.58. The minimum Gasteiger partial charge on any atom is -0.481 e. The van der Waals surface area contributed by atoms with Crippen LogP contribution in [0.25, 0.3) is 0 Å². The van der Waals surface area contributed by atoms with Gasteiger partial charge in [0.15, 0.2) is 10.9 Å². The SMILES string of the molecule is Cn1cnc(S(=O)(=O)N2CCN(Cc3noc(CCC(=O)O)n3)CC2)c1. The summed E-state index contributed by atoms with van der Waals surface area (Å²) in [6.45, 7) is 2.19. The van der Waals surface area contributed by atoms with Gasteiger partial charge >= 0.3 is 5.97 Å². The third-order valence-electron chi connectivity index (χ3n) is 4.04. The van der Waals surface area contributed by atoms with Crippen molar-refractivity contribution in [3.63, 3.8) is 0 Å². The van der Waals surface area contributed by atoms with Crippen LogP contribution in [0.3, 0.4) is 0 Å². The zero-order chi connectivity index (χ0) is 18.7. The van der Waals surface area contributed by atoms with Crippen LogP contribution < -0.4 is 0 Å². The standard InChI is InChI=1S/C14H20N6O5S/c1-18-9-13(15-10-18)26(23,24)20-6-4-19(5-7-20)8-11-16-12(25-17-11)2-3-14(21)22/h9-10H,2-8H2,1H3,(H,21,22). The molecular weight excluding hydrogens is 364 g/mol. The molecule has 1 aliphatic rings. The van der Waals surface area contributed by atoms with Crippen LogP contribution in [0.2, 0.25) is 0 Å². The van der Waals surface area contributed by atoms with Gasteiger partial charge in [-0.3, -0.25) is 9.69 Å². The summed E-state index contributed by atoms with van der Waals surface area (Å²) >= 11 is 0. The number of rotatable bonds is 7. The van der Waals surface area contributed by atoms with E-state index in [4.69, 9.17) is 9.63 Å². The van der Waals surface area contributed by atoms with Crippen LogP contribution in [-0.4, -0.2) is 74.6 Å². The Morgan fingerprint density at radius 2 is 2.04 bits per heavy atom. The Morgan fingerprint density at radius 3 is 2.65 bits per heavy atom. The van der Waals surface area contributed by atoms with Gasteiger partial charge in [-0.05, 0) is 0 Å². The molecule has 0 aliphatic carbocycles. The van der Waals surface area contributed by atoms with Crippen LogP contribution in [0.5, 0.6) is 0 Å². The normalized spacial score (nSPS) is 16.8. The van der Waals surface area contributed by atoms with Gasteiger partial charge in [0.05, 0.1) is 19.3 Å². The third kappa shape index (κ3) is 4.26. The Balaban J connectivity index is 1.53. The van der Waals surface area contributed by atoms with Crippen LogP contribution in [0.1, 0.15) is 18.1 Å². The van der Waals surface area contributed by atoms with Gasteiger partial charge in [0.25, 0.3) is 10.0 Å². The van der Waals surface area contributed by atoms with Crippen molar-refractivity contribution in [1.82, 2.24) is 28.9 Å². The number of piperazine rings is 1. The van der Waals surface area contributed by atoms with Gasteiger partial charge in [0.2, 0.25) is 5.89 Å². The summed E-state index contributed by atoms with van der Waals surface area (Å²) in [5.74, 6) is -0.167. The first-order chi connectivity index (χ1) is 12.3. The monoisotopic (exact) mass is 384 g/mol. The molecule has 1 N–H and O–H groups in total. The van der Waals surface area contributed by atoms with Crippen molar-refractivity contribution in [3.8, 4) is 0 Å². The number of aryl methyl sites for hydroxylation is 2. The maximum atomic E-state index is 12.5. The van der Waals surface area contributed by atoms with Crippen LogP contribution in [0.4, 0.5) is 0 Å². The Kier molecular flexibility index (Phi) is 5.34. The fourth-order valence-corrected chi connectivity index (χ4v) is 4.04. The van der Waals surface area contributed by atoms with E-state index in [0.717, 1.165) is 0 Å². The number of nitrogens with zero attached hydrogens (tertiary/aromatic N) is 6. The molecule has 0 atom stereocenters. The zero-order valence-electron chi connectivity index (χ0n) is 14.3. The third-order valence-corrected chi connectivity index (χ3v) is 5.83. The molecule has 3 heterocycles. The number of sulfonamides is 1. The molecule has 3 rings (SSSR count). The number of aliphatic carboxylic acids is 1. The molecule has 1 saturated heterocycles. The first-order valence-electron chi connectivity index (χ1n) is 8.08. The van der Waals surface area contributed by atoms with E-state index in [1.165, 1.54) is 16.8 Å². The van der Waals surface area contributed by atoms with Crippen molar-refractivity contribution < 1.29 is 22.8 Å². The predicted octanol–water partition coefficient (Wildman–Crippen LogP) is -0.673. The number of hydrogen-bond acceptors (Lipinski definition) is 8. The second-order valence-corrected chi connectivity index (χ2v) is 7.94. The predicted molar refractivity (Wildman–Crippen MR) is 87.5 cm³/mol. The molecule has 26 heavy (non-hydrogen) atoms. The lowest BCUT2D eigenvalue weighted by atomic mass is 10.3. The summed E-state index contributed by atoms with van der Waals surface area (Å²) in [7, 11) is -1.86. The fraction of sp³-hybridized carbons (Fsp3) is 0.571. The molecule has 0 spiro atoms. The molecule has 1 aliphatic heterocycles. The van der Waals surface area contributed by atoms with Gasteiger partial charge in [-0.2, -0.15) is 9.29 Å². The van der Waals surface area contributed by atoms with Gasteiger partial charge in [-0.15, -0.1) is 0 Å². The Morgan fingerprint density at radius 1 is 1.31 bits per heavy atom. The topological polar surface area (TPSA) is 135 Å². The summed E-state index contributed by atoms with van der Waals surface area (Å²) in [6, 6.07) is 0. The number of imidazole rings is 1. The van der Waals surface area contributed by atoms with E-state index >= 15 is 0 Å². The average Bonchev–Trinajstić information content (AvgIpc) is 3.23. The van der Waals surface area contributed by atoms with Gasteiger partial charge in [-0.1, -0.05) is 5.16 Å². The van der Waals surface area contributed by atoms with Crippen LogP contribution in [0, 0.1) is 0 Å². The molecule has 2 aromatic rings. The highest BCUT2D eigenvalue weighted by atomic mass is 32.2. The van der Waals surface area contributed by atoms with Crippen molar-refractivity contribution in [2.75, 3.05) is 26.2 Å². The summed E-state index contributed by atoms with van der Waals surface area (Å²) < 4.78 is 33.1. The number of aromatic nitrogens is 4. The molecular formula is C14H20N6O5S. The van der Waals surface area contributed by atoms with Crippen LogP contribution in [0.15, 0.2) is 22.1 Å². The lowest BCUT2D eigenvalue weighted by Crippen LogP contribution is -2.48. The molecule has 0 aromatic carbocycles. The van der Waals surface area contributed by atoms with E-state index in [9.17, 15) is 13.2 Å². The first kappa shape index (κ1) is 18.5. The van der Waals surface area contributed by atoms with Gasteiger partial charge < -0.3 is 14.2 Å². The second-order valence-electron chi connectivity index (χ2n) is 6.06. The largest absolute Gasteiger partial charge is 0.481 e. The number of carboxylic acids is 1. The lowest BCUT2D eigenvalue weighted by molar-refractivity contribution is -0.137. The summed E-state index contributed by atoms with van der Waals surface area (Å²) in [5.41, 5.74) is 0. The molecule has 0 bridgehead atoms. The van der Waals surface area contributed by atoms with Crippen molar-refractivity contribution in [2.24, 2.45) is 7.05 Å². The highest BCUT2D eigenvalue weighted by Crippen LogP contribution is 2.16. The first-order valence-corrected chi connectivity index (χ1v) is 9.52. The number of hydrogen-bond donors (Lipinski definition) is 1. The van der Waals surface area contributed by atoms with E-state index < -0.39 is 16.0 Å². The summed E-state index contributed by atoms with van der Waals surface area (Å²) in [5, 5.41) is 12.6. The second kappa shape index (κ2) is 7.51. The molecule has 12 heteroatoms. The van der Waals surface area contributed by atoms with E-state index in [1.807, 2.05) is 4.90 Å². The molecule has 142 valence electrons.